The average Bonchev–Trinajstić information content (AvgIpc) is 2.99. The lowest BCUT2D eigenvalue weighted by molar-refractivity contribution is -0.123. The number of ether oxygens (including phenoxy) is 2. The normalized spacial score (nSPS) is 11.9. The lowest BCUT2D eigenvalue weighted by atomic mass is 10.1. The Balaban J connectivity index is 1.72. The molecule has 0 saturated heterocycles. The first-order chi connectivity index (χ1) is 12.9. The first kappa shape index (κ1) is 18.5. The molecule has 1 aromatic heterocycles. The number of fused-ring (bicyclic) bond motifs is 1. The SMILES string of the molecule is COc1ccc2oc(C(=O)O[C@H](C)C(=O)Nc3ccc(C)cc3)c(C)c2c1. The maximum Gasteiger partial charge on any atom is 0.375 e. The standard InChI is InChI=1S/C21H21NO5/c1-12-5-7-15(8-6-12)22-20(23)14(3)26-21(24)19-13(2)17-11-16(25-4)9-10-18(17)27-19/h5-11,14H,1-4H3,(H,22,23)/t14-/m1/s1. The summed E-state index contributed by atoms with van der Waals surface area (Å²) in [5, 5.41) is 3.48. The van der Waals surface area contributed by atoms with Crippen LogP contribution in [0.4, 0.5) is 5.69 Å². The molecule has 3 rings (SSSR count). The minimum absolute atomic E-state index is 0.0771. The quantitative estimate of drug-likeness (QED) is 0.683. The number of hydrogen-bond acceptors (Lipinski definition) is 5. The molecule has 2 aromatic carbocycles. The predicted octanol–water partition coefficient (Wildman–Crippen LogP) is 4.24. The third-order valence-corrected chi connectivity index (χ3v) is 4.30. The molecule has 0 bridgehead atoms. The molecule has 0 saturated carbocycles. The molecule has 6 nitrogen and oxygen atoms in total. The van der Waals surface area contributed by atoms with Crippen molar-refractivity contribution in [2.45, 2.75) is 26.9 Å². The van der Waals surface area contributed by atoms with Gasteiger partial charge in [-0.3, -0.25) is 4.79 Å². The molecule has 0 aliphatic rings. The van der Waals surface area contributed by atoms with E-state index in [9.17, 15) is 9.59 Å². The molecular weight excluding hydrogens is 346 g/mol. The van der Waals surface area contributed by atoms with Crippen LogP contribution in [0.2, 0.25) is 0 Å². The van der Waals surface area contributed by atoms with Gasteiger partial charge >= 0.3 is 5.97 Å². The van der Waals surface area contributed by atoms with Crippen LogP contribution in [0.5, 0.6) is 5.75 Å². The molecule has 1 atom stereocenters. The summed E-state index contributed by atoms with van der Waals surface area (Å²) in [5.74, 6) is -0.359. The lowest BCUT2D eigenvalue weighted by Crippen LogP contribution is -2.30. The highest BCUT2D eigenvalue weighted by Crippen LogP contribution is 2.29. The Morgan fingerprint density at radius 3 is 2.44 bits per heavy atom. The van der Waals surface area contributed by atoms with E-state index < -0.39 is 18.0 Å². The minimum atomic E-state index is -0.971. The smallest absolute Gasteiger partial charge is 0.375 e. The van der Waals surface area contributed by atoms with Crippen molar-refractivity contribution in [2.24, 2.45) is 0 Å². The van der Waals surface area contributed by atoms with E-state index in [4.69, 9.17) is 13.9 Å². The number of amides is 1. The zero-order valence-electron chi connectivity index (χ0n) is 15.7. The third-order valence-electron chi connectivity index (χ3n) is 4.30. The fraction of sp³-hybridized carbons (Fsp3) is 0.238. The number of carbonyl (C=O) groups is 2. The summed E-state index contributed by atoms with van der Waals surface area (Å²) in [6, 6.07) is 12.6. The molecule has 1 N–H and O–H groups in total. The van der Waals surface area contributed by atoms with Crippen LogP contribution in [0.3, 0.4) is 0 Å². The van der Waals surface area contributed by atoms with Gasteiger partial charge < -0.3 is 19.2 Å². The van der Waals surface area contributed by atoms with Crippen molar-refractivity contribution in [2.75, 3.05) is 12.4 Å². The van der Waals surface area contributed by atoms with Crippen LogP contribution in [0.1, 0.15) is 28.6 Å². The van der Waals surface area contributed by atoms with Crippen molar-refractivity contribution in [3.63, 3.8) is 0 Å². The number of aryl methyl sites for hydroxylation is 2. The van der Waals surface area contributed by atoms with Gasteiger partial charge in [-0.1, -0.05) is 17.7 Å². The summed E-state index contributed by atoms with van der Waals surface area (Å²) < 4.78 is 16.1. The van der Waals surface area contributed by atoms with Crippen LogP contribution in [0.25, 0.3) is 11.0 Å². The van der Waals surface area contributed by atoms with E-state index in [1.807, 2.05) is 19.1 Å². The highest BCUT2D eigenvalue weighted by atomic mass is 16.6. The number of anilines is 1. The Hall–Kier alpha value is -3.28. The summed E-state index contributed by atoms with van der Waals surface area (Å²) in [6.45, 7) is 5.24. The molecular formula is C21H21NO5. The van der Waals surface area contributed by atoms with Gasteiger partial charge in [-0.2, -0.15) is 0 Å². The number of rotatable bonds is 5. The maximum atomic E-state index is 12.5. The molecule has 1 heterocycles. The van der Waals surface area contributed by atoms with Gasteiger partial charge in [-0.15, -0.1) is 0 Å². The molecule has 0 radical (unpaired) electrons. The second-order valence-corrected chi connectivity index (χ2v) is 6.32. The Bertz CT molecular complexity index is 988. The molecule has 1 amide bonds. The van der Waals surface area contributed by atoms with E-state index in [-0.39, 0.29) is 5.76 Å². The molecule has 0 aliphatic carbocycles. The maximum absolute atomic E-state index is 12.5. The predicted molar refractivity (Wildman–Crippen MR) is 102 cm³/mol. The van der Waals surface area contributed by atoms with E-state index in [2.05, 4.69) is 5.32 Å². The second kappa shape index (κ2) is 7.53. The Kier molecular flexibility index (Phi) is 5.16. The number of benzene rings is 2. The van der Waals surface area contributed by atoms with Gasteiger partial charge in [0.2, 0.25) is 5.76 Å². The number of furan rings is 1. The first-order valence-corrected chi connectivity index (χ1v) is 8.54. The summed E-state index contributed by atoms with van der Waals surface area (Å²) in [6.07, 6.45) is -0.971. The second-order valence-electron chi connectivity index (χ2n) is 6.32. The van der Waals surface area contributed by atoms with Crippen molar-refractivity contribution in [3.05, 3.63) is 59.4 Å². The highest BCUT2D eigenvalue weighted by Gasteiger charge is 2.24. The molecule has 6 heteroatoms. The van der Waals surface area contributed by atoms with Gasteiger partial charge in [0.25, 0.3) is 5.91 Å². The van der Waals surface area contributed by atoms with E-state index in [0.29, 0.717) is 22.6 Å². The van der Waals surface area contributed by atoms with Gasteiger partial charge in [-0.05, 0) is 51.1 Å². The van der Waals surface area contributed by atoms with Crippen LogP contribution < -0.4 is 10.1 Å². The highest BCUT2D eigenvalue weighted by molar-refractivity contribution is 5.99. The van der Waals surface area contributed by atoms with E-state index in [1.54, 1.807) is 44.4 Å². The van der Waals surface area contributed by atoms with Crippen molar-refractivity contribution >= 4 is 28.5 Å². The first-order valence-electron chi connectivity index (χ1n) is 8.54. The topological polar surface area (TPSA) is 77.8 Å². The number of esters is 1. The van der Waals surface area contributed by atoms with Crippen LogP contribution in [0, 0.1) is 13.8 Å². The average molecular weight is 367 g/mol. The van der Waals surface area contributed by atoms with Gasteiger partial charge in [0.05, 0.1) is 7.11 Å². The van der Waals surface area contributed by atoms with Crippen molar-refractivity contribution < 1.29 is 23.5 Å². The van der Waals surface area contributed by atoms with Crippen LogP contribution in [-0.2, 0) is 9.53 Å². The third kappa shape index (κ3) is 3.95. The molecule has 0 spiro atoms. The molecule has 0 aliphatic heterocycles. The van der Waals surface area contributed by atoms with E-state index in [0.717, 1.165) is 10.9 Å². The number of carbonyl (C=O) groups excluding carboxylic acids is 2. The van der Waals surface area contributed by atoms with E-state index in [1.165, 1.54) is 6.92 Å². The van der Waals surface area contributed by atoms with Crippen molar-refractivity contribution in [3.8, 4) is 5.75 Å². The van der Waals surface area contributed by atoms with Crippen molar-refractivity contribution in [1.29, 1.82) is 0 Å². The minimum Gasteiger partial charge on any atom is -0.497 e. The Morgan fingerprint density at radius 2 is 1.78 bits per heavy atom. The van der Waals surface area contributed by atoms with Crippen LogP contribution in [-0.4, -0.2) is 25.1 Å². The summed E-state index contributed by atoms with van der Waals surface area (Å²) in [7, 11) is 1.57. The van der Waals surface area contributed by atoms with Gasteiger partial charge in [-0.25, -0.2) is 4.79 Å². The van der Waals surface area contributed by atoms with Crippen molar-refractivity contribution in [1.82, 2.24) is 0 Å². The fourth-order valence-electron chi connectivity index (χ4n) is 2.67. The fourth-order valence-corrected chi connectivity index (χ4v) is 2.67. The Labute approximate surface area is 157 Å². The molecule has 3 aromatic rings. The van der Waals surface area contributed by atoms with Gasteiger partial charge in [0, 0.05) is 16.6 Å². The Morgan fingerprint density at radius 1 is 1.07 bits per heavy atom. The number of hydrogen-bond donors (Lipinski definition) is 1. The molecule has 140 valence electrons. The summed E-state index contributed by atoms with van der Waals surface area (Å²) >= 11 is 0. The lowest BCUT2D eigenvalue weighted by Gasteiger charge is -2.13. The summed E-state index contributed by atoms with van der Waals surface area (Å²) in [5.41, 5.74) is 2.92. The molecule has 0 fully saturated rings. The molecule has 27 heavy (non-hydrogen) atoms. The van der Waals surface area contributed by atoms with Crippen LogP contribution >= 0.6 is 0 Å². The monoisotopic (exact) mass is 367 g/mol. The molecule has 0 unspecified atom stereocenters. The van der Waals surface area contributed by atoms with Gasteiger partial charge in [0.15, 0.2) is 6.10 Å². The number of nitrogens with one attached hydrogen (secondary N) is 1. The zero-order valence-corrected chi connectivity index (χ0v) is 15.7. The zero-order chi connectivity index (χ0) is 19.6. The largest absolute Gasteiger partial charge is 0.497 e. The van der Waals surface area contributed by atoms with Crippen LogP contribution in [0.15, 0.2) is 46.9 Å². The summed E-state index contributed by atoms with van der Waals surface area (Å²) in [4.78, 5) is 24.7. The number of methoxy groups -OCH3 is 1. The van der Waals surface area contributed by atoms with Gasteiger partial charge in [0.1, 0.15) is 11.3 Å². The van der Waals surface area contributed by atoms with E-state index >= 15 is 0 Å².